The maximum absolute atomic E-state index is 5.97. The van der Waals surface area contributed by atoms with Crippen LogP contribution in [0.2, 0.25) is 5.02 Å². The molecule has 0 saturated carbocycles. The van der Waals surface area contributed by atoms with Crippen molar-refractivity contribution in [2.45, 2.75) is 12.8 Å². The van der Waals surface area contributed by atoms with Crippen LogP contribution in [-0.4, -0.2) is 26.9 Å². The van der Waals surface area contributed by atoms with E-state index in [1.54, 1.807) is 7.11 Å². The molecule has 1 aromatic rings. The van der Waals surface area contributed by atoms with E-state index in [2.05, 4.69) is 5.32 Å². The van der Waals surface area contributed by atoms with Crippen LogP contribution in [0.5, 0.6) is 5.75 Å². The number of halogens is 1. The molecular weight excluding hydrogens is 238 g/mol. The van der Waals surface area contributed by atoms with Crippen LogP contribution in [0.15, 0.2) is 18.2 Å². The van der Waals surface area contributed by atoms with E-state index in [0.29, 0.717) is 16.7 Å². The summed E-state index contributed by atoms with van der Waals surface area (Å²) in [6.07, 6.45) is 2.40. The second-order valence-electron chi connectivity index (χ2n) is 4.31. The molecule has 1 aliphatic heterocycles. The Morgan fingerprint density at radius 2 is 2.41 bits per heavy atom. The summed E-state index contributed by atoms with van der Waals surface area (Å²) < 4.78 is 10.6. The molecule has 1 saturated heterocycles. The summed E-state index contributed by atoms with van der Waals surface area (Å²) in [6.45, 7) is 2.70. The van der Waals surface area contributed by atoms with Crippen molar-refractivity contribution in [3.63, 3.8) is 0 Å². The molecule has 0 aromatic heterocycles. The highest BCUT2D eigenvalue weighted by molar-refractivity contribution is 6.32. The Bertz CT molecular complexity index is 364. The summed E-state index contributed by atoms with van der Waals surface area (Å²) in [4.78, 5) is 0. The Labute approximate surface area is 107 Å². The number of hydrogen-bond acceptors (Lipinski definition) is 3. The number of methoxy groups -OCH3 is 1. The van der Waals surface area contributed by atoms with Crippen molar-refractivity contribution in [3.8, 4) is 5.75 Å². The smallest absolute Gasteiger partial charge is 0.139 e. The van der Waals surface area contributed by atoms with Gasteiger partial charge in [-0.25, -0.2) is 0 Å². The molecule has 2 rings (SSSR count). The van der Waals surface area contributed by atoms with Gasteiger partial charge in [0.1, 0.15) is 5.75 Å². The van der Waals surface area contributed by atoms with Crippen LogP contribution in [0.3, 0.4) is 0 Å². The van der Waals surface area contributed by atoms with Gasteiger partial charge in [-0.1, -0.05) is 11.6 Å². The van der Waals surface area contributed by atoms with Crippen molar-refractivity contribution in [2.24, 2.45) is 5.92 Å². The number of hydrogen-bond donors (Lipinski definition) is 1. The van der Waals surface area contributed by atoms with E-state index < -0.39 is 0 Å². The molecule has 3 nitrogen and oxygen atoms in total. The van der Waals surface area contributed by atoms with Gasteiger partial charge in [0.25, 0.3) is 0 Å². The largest absolute Gasteiger partial charge is 0.495 e. The zero-order chi connectivity index (χ0) is 12.1. The van der Waals surface area contributed by atoms with Gasteiger partial charge >= 0.3 is 0 Å². The van der Waals surface area contributed by atoms with Gasteiger partial charge in [-0.15, -0.1) is 0 Å². The topological polar surface area (TPSA) is 30.5 Å². The predicted octanol–water partition coefficient (Wildman–Crippen LogP) is 3.19. The fourth-order valence-corrected chi connectivity index (χ4v) is 2.20. The molecule has 1 heterocycles. The van der Waals surface area contributed by atoms with Crippen molar-refractivity contribution in [3.05, 3.63) is 23.2 Å². The lowest BCUT2D eigenvalue weighted by atomic mass is 10.0. The van der Waals surface area contributed by atoms with Crippen LogP contribution in [-0.2, 0) is 4.74 Å². The van der Waals surface area contributed by atoms with Crippen LogP contribution < -0.4 is 10.1 Å². The predicted molar refractivity (Wildman–Crippen MR) is 70.0 cm³/mol. The normalized spacial score (nSPS) is 20.0. The molecule has 1 fully saturated rings. The number of benzene rings is 1. The summed E-state index contributed by atoms with van der Waals surface area (Å²) in [5.74, 6) is 1.31. The molecule has 0 radical (unpaired) electrons. The van der Waals surface area contributed by atoms with Crippen LogP contribution in [0.1, 0.15) is 12.8 Å². The van der Waals surface area contributed by atoms with Crippen molar-refractivity contribution < 1.29 is 9.47 Å². The van der Waals surface area contributed by atoms with Gasteiger partial charge < -0.3 is 14.8 Å². The van der Waals surface area contributed by atoms with Gasteiger partial charge in [-0.05, 0) is 30.9 Å². The lowest BCUT2D eigenvalue weighted by Gasteiger charge is -2.22. The average molecular weight is 256 g/mol. The summed E-state index contributed by atoms with van der Waals surface area (Å²) in [6, 6.07) is 5.74. The quantitative estimate of drug-likeness (QED) is 0.896. The highest BCUT2D eigenvalue weighted by Gasteiger charge is 2.13. The SMILES string of the molecule is COc1cc(NCC2CCCOC2)ccc1Cl. The first-order chi connectivity index (χ1) is 8.29. The molecule has 4 heteroatoms. The van der Waals surface area contributed by atoms with Crippen molar-refractivity contribution in [2.75, 3.05) is 32.2 Å². The maximum atomic E-state index is 5.97. The first-order valence-corrected chi connectivity index (χ1v) is 6.32. The lowest BCUT2D eigenvalue weighted by molar-refractivity contribution is 0.0595. The summed E-state index contributed by atoms with van der Waals surface area (Å²) in [5, 5.41) is 4.04. The molecule has 1 aliphatic rings. The van der Waals surface area contributed by atoms with Gasteiger partial charge in [0.05, 0.1) is 18.7 Å². The fraction of sp³-hybridized carbons (Fsp3) is 0.538. The van der Waals surface area contributed by atoms with Gasteiger partial charge in [0.15, 0.2) is 0 Å². The molecule has 0 bridgehead atoms. The third-order valence-corrected chi connectivity index (χ3v) is 3.31. The Balaban J connectivity index is 1.89. The molecular formula is C13H18ClNO2. The monoisotopic (exact) mass is 255 g/mol. The van der Waals surface area contributed by atoms with Gasteiger partial charge in [-0.2, -0.15) is 0 Å². The second kappa shape index (κ2) is 6.12. The van der Waals surface area contributed by atoms with Crippen molar-refractivity contribution >= 4 is 17.3 Å². The maximum Gasteiger partial charge on any atom is 0.139 e. The van der Waals surface area contributed by atoms with Crippen LogP contribution in [0, 0.1) is 5.92 Å². The minimum Gasteiger partial charge on any atom is -0.495 e. The number of anilines is 1. The number of rotatable bonds is 4. The van der Waals surface area contributed by atoms with E-state index >= 15 is 0 Å². The van der Waals surface area contributed by atoms with Crippen molar-refractivity contribution in [1.29, 1.82) is 0 Å². The van der Waals surface area contributed by atoms with Gasteiger partial charge in [-0.3, -0.25) is 0 Å². The van der Waals surface area contributed by atoms with E-state index in [0.717, 1.165) is 31.9 Å². The molecule has 1 N–H and O–H groups in total. The Morgan fingerprint density at radius 1 is 1.53 bits per heavy atom. The zero-order valence-electron chi connectivity index (χ0n) is 10.0. The Kier molecular flexibility index (Phi) is 4.51. The highest BCUT2D eigenvalue weighted by atomic mass is 35.5. The van der Waals surface area contributed by atoms with Gasteiger partial charge in [0, 0.05) is 24.9 Å². The molecule has 1 aromatic carbocycles. The Morgan fingerprint density at radius 3 is 3.12 bits per heavy atom. The van der Waals surface area contributed by atoms with E-state index in [1.807, 2.05) is 18.2 Å². The zero-order valence-corrected chi connectivity index (χ0v) is 10.8. The van der Waals surface area contributed by atoms with E-state index in [-0.39, 0.29) is 0 Å². The first kappa shape index (κ1) is 12.5. The number of ether oxygens (including phenoxy) is 2. The third-order valence-electron chi connectivity index (χ3n) is 3.00. The Hall–Kier alpha value is -0.930. The minimum absolute atomic E-state index is 0.602. The van der Waals surface area contributed by atoms with E-state index in [1.165, 1.54) is 6.42 Å². The second-order valence-corrected chi connectivity index (χ2v) is 4.72. The molecule has 1 atom stereocenters. The van der Waals surface area contributed by atoms with Crippen LogP contribution in [0.4, 0.5) is 5.69 Å². The third kappa shape index (κ3) is 3.51. The molecule has 0 amide bonds. The molecule has 0 spiro atoms. The highest BCUT2D eigenvalue weighted by Crippen LogP contribution is 2.27. The molecule has 94 valence electrons. The van der Waals surface area contributed by atoms with Crippen LogP contribution in [0.25, 0.3) is 0 Å². The van der Waals surface area contributed by atoms with Gasteiger partial charge in [0.2, 0.25) is 0 Å². The van der Waals surface area contributed by atoms with E-state index in [9.17, 15) is 0 Å². The lowest BCUT2D eigenvalue weighted by Crippen LogP contribution is -2.24. The number of nitrogens with one attached hydrogen (secondary N) is 1. The average Bonchev–Trinajstić information content (AvgIpc) is 2.39. The van der Waals surface area contributed by atoms with Crippen LogP contribution >= 0.6 is 11.6 Å². The molecule has 0 aliphatic carbocycles. The molecule has 17 heavy (non-hydrogen) atoms. The summed E-state index contributed by atoms with van der Waals surface area (Å²) in [5.41, 5.74) is 1.04. The minimum atomic E-state index is 0.602. The fourth-order valence-electron chi connectivity index (χ4n) is 2.00. The summed E-state index contributed by atoms with van der Waals surface area (Å²) >= 11 is 5.97. The molecule has 1 unspecified atom stereocenters. The first-order valence-electron chi connectivity index (χ1n) is 5.95. The van der Waals surface area contributed by atoms with Crippen molar-refractivity contribution in [1.82, 2.24) is 0 Å². The van der Waals surface area contributed by atoms with E-state index in [4.69, 9.17) is 21.1 Å². The summed E-state index contributed by atoms with van der Waals surface area (Å²) in [7, 11) is 1.62. The standard InChI is InChI=1S/C13H18ClNO2/c1-16-13-7-11(4-5-12(13)14)15-8-10-3-2-6-17-9-10/h4-5,7,10,15H,2-3,6,8-9H2,1H3.